The maximum Gasteiger partial charge on any atom is 0.234 e. The lowest BCUT2D eigenvalue weighted by Gasteiger charge is -2.16. The summed E-state index contributed by atoms with van der Waals surface area (Å²) in [5.74, 6) is 2.53. The van der Waals surface area contributed by atoms with E-state index >= 15 is 0 Å². The Morgan fingerprint density at radius 1 is 1.21 bits per heavy atom. The van der Waals surface area contributed by atoms with Gasteiger partial charge in [-0.15, -0.1) is 10.2 Å². The van der Waals surface area contributed by atoms with Gasteiger partial charge in [-0.1, -0.05) is 30.3 Å². The van der Waals surface area contributed by atoms with Crippen LogP contribution in [0.25, 0.3) is 0 Å². The Labute approximate surface area is 141 Å². The average molecular weight is 325 g/mol. The van der Waals surface area contributed by atoms with Crippen molar-refractivity contribution in [1.29, 1.82) is 0 Å². The average Bonchev–Trinajstić information content (AvgIpc) is 3.31. The van der Waals surface area contributed by atoms with E-state index in [0.717, 1.165) is 50.5 Å². The minimum absolute atomic E-state index is 0.0686. The third-order valence-electron chi connectivity index (χ3n) is 5.04. The van der Waals surface area contributed by atoms with Crippen LogP contribution in [-0.2, 0) is 24.3 Å². The zero-order chi connectivity index (χ0) is 16.4. The number of benzene rings is 1. The summed E-state index contributed by atoms with van der Waals surface area (Å²) in [5.41, 5.74) is 1.37. The van der Waals surface area contributed by atoms with Crippen LogP contribution in [0.15, 0.2) is 30.3 Å². The van der Waals surface area contributed by atoms with E-state index in [2.05, 4.69) is 49.2 Å². The van der Waals surface area contributed by atoms with Gasteiger partial charge < -0.3 is 9.88 Å². The highest BCUT2D eigenvalue weighted by atomic mass is 16.2. The number of hydrogen-bond acceptors (Lipinski definition) is 4. The van der Waals surface area contributed by atoms with Gasteiger partial charge in [0.25, 0.3) is 0 Å². The number of fused-ring (bicyclic) bond motifs is 1. The number of amides is 1. The molecule has 1 saturated heterocycles. The summed E-state index contributed by atoms with van der Waals surface area (Å²) in [6, 6.07) is 10.6. The van der Waals surface area contributed by atoms with Gasteiger partial charge in [0.15, 0.2) is 5.82 Å². The highest BCUT2D eigenvalue weighted by Crippen LogP contribution is 2.26. The zero-order valence-electron chi connectivity index (χ0n) is 13.8. The number of nitrogens with one attached hydrogen (secondary N) is 1. The van der Waals surface area contributed by atoms with Gasteiger partial charge in [-0.25, -0.2) is 0 Å². The molecule has 126 valence electrons. The summed E-state index contributed by atoms with van der Waals surface area (Å²) in [6.07, 6.45) is 3.24. The summed E-state index contributed by atoms with van der Waals surface area (Å²) < 4.78 is 2.13. The van der Waals surface area contributed by atoms with Crippen molar-refractivity contribution in [2.24, 2.45) is 0 Å². The number of likely N-dealkylation sites (tertiary alicyclic amines) is 1. The van der Waals surface area contributed by atoms with Crippen molar-refractivity contribution in [1.82, 2.24) is 25.0 Å². The Balaban J connectivity index is 1.26. The monoisotopic (exact) mass is 325 g/mol. The number of aromatic nitrogens is 3. The fourth-order valence-electron chi connectivity index (χ4n) is 3.75. The van der Waals surface area contributed by atoms with Gasteiger partial charge in [0, 0.05) is 19.5 Å². The van der Waals surface area contributed by atoms with Crippen LogP contribution in [0, 0.1) is 0 Å². The van der Waals surface area contributed by atoms with Crippen LogP contribution in [0.1, 0.15) is 36.0 Å². The van der Waals surface area contributed by atoms with Crippen LogP contribution in [-0.4, -0.2) is 45.2 Å². The van der Waals surface area contributed by atoms with Gasteiger partial charge in [0.1, 0.15) is 5.82 Å². The molecule has 2 aliphatic rings. The second-order valence-corrected chi connectivity index (χ2v) is 6.70. The SMILES string of the molecule is O=C(CN1CC[C@H](c2ccccc2)C1)NCc1nnc2n1CCC2. The first-order chi connectivity index (χ1) is 11.8. The quantitative estimate of drug-likeness (QED) is 0.901. The van der Waals surface area contributed by atoms with Gasteiger partial charge in [-0.3, -0.25) is 9.69 Å². The molecule has 1 fully saturated rings. The number of hydrogen-bond donors (Lipinski definition) is 1. The molecular formula is C18H23N5O. The van der Waals surface area contributed by atoms with Gasteiger partial charge >= 0.3 is 0 Å². The van der Waals surface area contributed by atoms with Crippen molar-refractivity contribution < 1.29 is 4.79 Å². The molecule has 2 aliphatic heterocycles. The zero-order valence-corrected chi connectivity index (χ0v) is 13.8. The van der Waals surface area contributed by atoms with E-state index in [4.69, 9.17) is 0 Å². The molecule has 3 heterocycles. The summed E-state index contributed by atoms with van der Waals surface area (Å²) in [4.78, 5) is 14.5. The molecule has 6 nitrogen and oxygen atoms in total. The number of aryl methyl sites for hydroxylation is 1. The number of nitrogens with zero attached hydrogens (tertiary/aromatic N) is 4. The van der Waals surface area contributed by atoms with Crippen molar-refractivity contribution in [2.75, 3.05) is 19.6 Å². The minimum Gasteiger partial charge on any atom is -0.348 e. The molecular weight excluding hydrogens is 302 g/mol. The molecule has 1 aromatic carbocycles. The lowest BCUT2D eigenvalue weighted by atomic mass is 9.99. The van der Waals surface area contributed by atoms with Crippen LogP contribution >= 0.6 is 0 Å². The van der Waals surface area contributed by atoms with Crippen molar-refractivity contribution in [3.8, 4) is 0 Å². The smallest absolute Gasteiger partial charge is 0.234 e. The number of rotatable bonds is 5. The van der Waals surface area contributed by atoms with E-state index in [1.165, 1.54) is 5.56 Å². The van der Waals surface area contributed by atoms with Crippen molar-refractivity contribution in [3.63, 3.8) is 0 Å². The predicted octanol–water partition coefficient (Wildman–Crippen LogP) is 1.33. The van der Waals surface area contributed by atoms with Crippen LogP contribution in [0.5, 0.6) is 0 Å². The molecule has 0 bridgehead atoms. The van der Waals surface area contributed by atoms with Gasteiger partial charge in [0.2, 0.25) is 5.91 Å². The molecule has 1 amide bonds. The summed E-state index contributed by atoms with van der Waals surface area (Å²) in [6.45, 7) is 3.84. The summed E-state index contributed by atoms with van der Waals surface area (Å²) >= 11 is 0. The first-order valence-corrected chi connectivity index (χ1v) is 8.74. The molecule has 2 aromatic rings. The second-order valence-electron chi connectivity index (χ2n) is 6.70. The van der Waals surface area contributed by atoms with Crippen molar-refractivity contribution in [3.05, 3.63) is 47.5 Å². The Morgan fingerprint density at radius 2 is 2.08 bits per heavy atom. The number of carbonyl (C=O) groups excluding carboxylic acids is 1. The highest BCUT2D eigenvalue weighted by molar-refractivity contribution is 5.78. The first-order valence-electron chi connectivity index (χ1n) is 8.74. The molecule has 1 N–H and O–H groups in total. The fraction of sp³-hybridized carbons (Fsp3) is 0.500. The Morgan fingerprint density at radius 3 is 2.96 bits per heavy atom. The van der Waals surface area contributed by atoms with Crippen LogP contribution in [0.4, 0.5) is 0 Å². The summed E-state index contributed by atoms with van der Waals surface area (Å²) in [5, 5.41) is 11.3. The van der Waals surface area contributed by atoms with Gasteiger partial charge in [-0.05, 0) is 30.9 Å². The fourth-order valence-corrected chi connectivity index (χ4v) is 3.75. The van der Waals surface area contributed by atoms with Crippen LogP contribution < -0.4 is 5.32 Å². The van der Waals surface area contributed by atoms with E-state index in [-0.39, 0.29) is 5.91 Å². The van der Waals surface area contributed by atoms with E-state index < -0.39 is 0 Å². The molecule has 6 heteroatoms. The first kappa shape index (κ1) is 15.3. The Hall–Kier alpha value is -2.21. The van der Waals surface area contributed by atoms with E-state index in [1.807, 2.05) is 6.07 Å². The minimum atomic E-state index is 0.0686. The molecule has 0 aliphatic carbocycles. The van der Waals surface area contributed by atoms with E-state index in [0.29, 0.717) is 19.0 Å². The third kappa shape index (κ3) is 3.19. The Bertz CT molecular complexity index is 711. The normalized spacial score (nSPS) is 20.2. The van der Waals surface area contributed by atoms with E-state index in [1.54, 1.807) is 0 Å². The molecule has 0 radical (unpaired) electrons. The lowest BCUT2D eigenvalue weighted by Crippen LogP contribution is -2.36. The summed E-state index contributed by atoms with van der Waals surface area (Å²) in [7, 11) is 0. The standard InChI is InChI=1S/C18H23N5O/c24-18(19-11-17-21-20-16-7-4-9-23(16)17)13-22-10-8-15(12-22)14-5-2-1-3-6-14/h1-3,5-6,15H,4,7-13H2,(H,19,24)/t15-/m0/s1. The second kappa shape index (κ2) is 6.73. The molecule has 4 rings (SSSR count). The third-order valence-corrected chi connectivity index (χ3v) is 5.04. The molecule has 0 spiro atoms. The van der Waals surface area contributed by atoms with Gasteiger partial charge in [0.05, 0.1) is 13.1 Å². The maximum atomic E-state index is 12.2. The number of carbonyl (C=O) groups is 1. The largest absolute Gasteiger partial charge is 0.348 e. The van der Waals surface area contributed by atoms with Crippen molar-refractivity contribution >= 4 is 5.91 Å². The van der Waals surface area contributed by atoms with E-state index in [9.17, 15) is 4.79 Å². The molecule has 1 atom stereocenters. The topological polar surface area (TPSA) is 63.1 Å². The lowest BCUT2D eigenvalue weighted by molar-refractivity contribution is -0.122. The maximum absolute atomic E-state index is 12.2. The molecule has 1 aromatic heterocycles. The predicted molar refractivity (Wildman–Crippen MR) is 90.4 cm³/mol. The van der Waals surface area contributed by atoms with Crippen LogP contribution in [0.2, 0.25) is 0 Å². The Kier molecular flexibility index (Phi) is 4.30. The molecule has 0 saturated carbocycles. The molecule has 24 heavy (non-hydrogen) atoms. The van der Waals surface area contributed by atoms with Crippen LogP contribution in [0.3, 0.4) is 0 Å². The van der Waals surface area contributed by atoms with Gasteiger partial charge in [-0.2, -0.15) is 0 Å². The highest BCUT2D eigenvalue weighted by Gasteiger charge is 2.25. The molecule has 0 unspecified atom stereocenters. The van der Waals surface area contributed by atoms with Crippen molar-refractivity contribution in [2.45, 2.75) is 38.3 Å².